The molecule has 0 bridgehead atoms. The van der Waals surface area contributed by atoms with Gasteiger partial charge in [0.25, 0.3) is 0 Å². The van der Waals surface area contributed by atoms with Crippen LogP contribution in [0.2, 0.25) is 0 Å². The average molecular weight is 298 g/mol. The molecule has 1 heterocycles. The quantitative estimate of drug-likeness (QED) is 0.890. The van der Waals surface area contributed by atoms with Gasteiger partial charge >= 0.3 is 0 Å². The third-order valence-corrected chi connectivity index (χ3v) is 5.04. The zero-order valence-corrected chi connectivity index (χ0v) is 13.0. The van der Waals surface area contributed by atoms with Crippen molar-refractivity contribution in [3.8, 4) is 0 Å². The zero-order valence-electron chi connectivity index (χ0n) is 12.1. The second kappa shape index (κ2) is 6.11. The fourth-order valence-corrected chi connectivity index (χ4v) is 3.15. The van der Waals surface area contributed by atoms with E-state index < -0.39 is 10.0 Å². The van der Waals surface area contributed by atoms with Crippen molar-refractivity contribution in [2.24, 2.45) is 0 Å². The number of hydrogen-bond acceptors (Lipinski definition) is 4. The predicted octanol–water partition coefficient (Wildman–Crippen LogP) is 1.88. The van der Waals surface area contributed by atoms with Crippen molar-refractivity contribution < 1.29 is 13.2 Å². The Morgan fingerprint density at radius 2 is 2.10 bits per heavy atom. The Labute approximate surface area is 120 Å². The summed E-state index contributed by atoms with van der Waals surface area (Å²) in [6.07, 6.45) is 2.11. The summed E-state index contributed by atoms with van der Waals surface area (Å²) >= 11 is 0. The number of benzene rings is 1. The molecule has 0 aliphatic carbocycles. The lowest BCUT2D eigenvalue weighted by Gasteiger charge is -2.29. The first-order valence-electron chi connectivity index (χ1n) is 6.84. The third-order valence-electron chi connectivity index (χ3n) is 3.63. The molecule has 6 heteroatoms. The topological polar surface area (TPSA) is 67.4 Å². The smallest absolute Gasteiger partial charge is 0.240 e. The third kappa shape index (κ3) is 3.50. The first-order chi connectivity index (χ1) is 9.42. The summed E-state index contributed by atoms with van der Waals surface area (Å²) in [5, 5.41) is 3.44. The number of aryl methyl sites for hydroxylation is 1. The van der Waals surface area contributed by atoms with Gasteiger partial charge in [0.05, 0.1) is 11.0 Å². The molecule has 0 saturated carbocycles. The van der Waals surface area contributed by atoms with E-state index in [-0.39, 0.29) is 11.0 Å². The van der Waals surface area contributed by atoms with Gasteiger partial charge in [-0.3, -0.25) is 0 Å². The summed E-state index contributed by atoms with van der Waals surface area (Å²) in [6.45, 7) is 4.77. The highest BCUT2D eigenvalue weighted by molar-refractivity contribution is 7.89. The van der Waals surface area contributed by atoms with Gasteiger partial charge < -0.3 is 10.1 Å². The largest absolute Gasteiger partial charge is 0.382 e. The Morgan fingerprint density at radius 1 is 1.35 bits per heavy atom. The van der Waals surface area contributed by atoms with Gasteiger partial charge in [-0.25, -0.2) is 13.1 Å². The first-order valence-corrected chi connectivity index (χ1v) is 8.33. The molecule has 2 unspecified atom stereocenters. The molecule has 0 amide bonds. The number of sulfonamides is 1. The average Bonchev–Trinajstić information content (AvgIpc) is 2.41. The molecule has 2 atom stereocenters. The number of ether oxygens (including phenoxy) is 1. The van der Waals surface area contributed by atoms with E-state index in [1.807, 2.05) is 13.0 Å². The van der Waals surface area contributed by atoms with Crippen molar-refractivity contribution in [1.29, 1.82) is 0 Å². The number of hydrogen-bond donors (Lipinski definition) is 2. The normalized spacial score (nSPS) is 23.6. The summed E-state index contributed by atoms with van der Waals surface area (Å²) in [6, 6.07) is 5.47. The maximum Gasteiger partial charge on any atom is 0.240 e. The van der Waals surface area contributed by atoms with E-state index in [2.05, 4.69) is 17.0 Å². The molecule has 0 radical (unpaired) electrons. The van der Waals surface area contributed by atoms with E-state index in [1.165, 1.54) is 7.05 Å². The molecule has 1 aliphatic heterocycles. The van der Waals surface area contributed by atoms with E-state index in [0.29, 0.717) is 6.04 Å². The van der Waals surface area contributed by atoms with Crippen molar-refractivity contribution in [2.75, 3.05) is 19.0 Å². The minimum Gasteiger partial charge on any atom is -0.382 e. The molecule has 0 spiro atoms. The second-order valence-electron chi connectivity index (χ2n) is 5.23. The van der Waals surface area contributed by atoms with E-state index in [9.17, 15) is 8.42 Å². The van der Waals surface area contributed by atoms with E-state index >= 15 is 0 Å². The highest BCUT2D eigenvalue weighted by Gasteiger charge is 2.20. The number of rotatable bonds is 4. The molecule has 1 aliphatic rings. The second-order valence-corrected chi connectivity index (χ2v) is 7.12. The molecule has 1 aromatic carbocycles. The Bertz CT molecular complexity index is 572. The summed E-state index contributed by atoms with van der Waals surface area (Å²) in [7, 11) is -1.98. The van der Waals surface area contributed by atoms with Crippen LogP contribution in [0.25, 0.3) is 0 Å². The van der Waals surface area contributed by atoms with Gasteiger partial charge in [0, 0.05) is 18.3 Å². The SMILES string of the molecule is CNS(=O)(=O)c1ccc(C)c(NC2CCOC(C)C2)c1. The molecule has 0 aromatic heterocycles. The molecule has 2 rings (SSSR count). The van der Waals surface area contributed by atoms with Crippen molar-refractivity contribution in [3.05, 3.63) is 23.8 Å². The van der Waals surface area contributed by atoms with E-state index in [0.717, 1.165) is 30.7 Å². The van der Waals surface area contributed by atoms with Crippen LogP contribution in [0.1, 0.15) is 25.3 Å². The monoisotopic (exact) mass is 298 g/mol. The minimum absolute atomic E-state index is 0.241. The summed E-state index contributed by atoms with van der Waals surface area (Å²) < 4.78 is 31.6. The molecule has 5 nitrogen and oxygen atoms in total. The fraction of sp³-hybridized carbons (Fsp3) is 0.571. The number of anilines is 1. The first kappa shape index (κ1) is 15.3. The predicted molar refractivity (Wildman–Crippen MR) is 79.5 cm³/mol. The van der Waals surface area contributed by atoms with Gasteiger partial charge in [-0.15, -0.1) is 0 Å². The molecule has 1 aromatic rings. The van der Waals surface area contributed by atoms with Gasteiger partial charge in [-0.05, 0) is 51.4 Å². The van der Waals surface area contributed by atoms with Crippen molar-refractivity contribution in [1.82, 2.24) is 4.72 Å². The molecule has 2 N–H and O–H groups in total. The highest BCUT2D eigenvalue weighted by Crippen LogP contribution is 2.24. The van der Waals surface area contributed by atoms with Crippen LogP contribution >= 0.6 is 0 Å². The standard InChI is InChI=1S/C14H22N2O3S/c1-10-4-5-13(20(17,18)15-3)9-14(10)16-12-6-7-19-11(2)8-12/h4-5,9,11-12,15-16H,6-8H2,1-3H3. The van der Waals surface area contributed by atoms with Crippen molar-refractivity contribution >= 4 is 15.7 Å². The maximum atomic E-state index is 11.8. The Morgan fingerprint density at radius 3 is 2.75 bits per heavy atom. The van der Waals surface area contributed by atoms with Crippen LogP contribution in [0.15, 0.2) is 23.1 Å². The molecule has 20 heavy (non-hydrogen) atoms. The Balaban J connectivity index is 2.21. The Kier molecular flexibility index (Phi) is 4.67. The van der Waals surface area contributed by atoms with Crippen LogP contribution < -0.4 is 10.0 Å². The molecule has 1 saturated heterocycles. The highest BCUT2D eigenvalue weighted by atomic mass is 32.2. The van der Waals surface area contributed by atoms with Crippen molar-refractivity contribution in [2.45, 2.75) is 43.7 Å². The Hall–Kier alpha value is -1.11. The lowest BCUT2D eigenvalue weighted by Crippen LogP contribution is -2.32. The maximum absolute atomic E-state index is 11.8. The van der Waals surface area contributed by atoms with Crippen LogP contribution in [0.5, 0.6) is 0 Å². The minimum atomic E-state index is -3.40. The zero-order chi connectivity index (χ0) is 14.8. The van der Waals surface area contributed by atoms with E-state index in [4.69, 9.17) is 4.74 Å². The molecule has 112 valence electrons. The van der Waals surface area contributed by atoms with Crippen LogP contribution in [0, 0.1) is 6.92 Å². The van der Waals surface area contributed by atoms with Gasteiger partial charge in [0.2, 0.25) is 10.0 Å². The lowest BCUT2D eigenvalue weighted by atomic mass is 10.0. The van der Waals surface area contributed by atoms with E-state index in [1.54, 1.807) is 12.1 Å². The van der Waals surface area contributed by atoms with Crippen LogP contribution in [0.4, 0.5) is 5.69 Å². The van der Waals surface area contributed by atoms with Crippen molar-refractivity contribution in [3.63, 3.8) is 0 Å². The fourth-order valence-electron chi connectivity index (χ4n) is 2.39. The number of nitrogens with one attached hydrogen (secondary N) is 2. The molecular weight excluding hydrogens is 276 g/mol. The van der Waals surface area contributed by atoms with Crippen LogP contribution in [-0.4, -0.2) is 34.2 Å². The summed E-state index contributed by atoms with van der Waals surface area (Å²) in [4.78, 5) is 0.285. The molecular formula is C14H22N2O3S. The summed E-state index contributed by atoms with van der Waals surface area (Å²) in [5.74, 6) is 0. The van der Waals surface area contributed by atoms with Gasteiger partial charge in [-0.2, -0.15) is 0 Å². The van der Waals surface area contributed by atoms with Gasteiger partial charge in [0.1, 0.15) is 0 Å². The van der Waals surface area contributed by atoms with Gasteiger partial charge in [0.15, 0.2) is 0 Å². The van der Waals surface area contributed by atoms with Gasteiger partial charge in [-0.1, -0.05) is 6.07 Å². The van der Waals surface area contributed by atoms with Crippen LogP contribution in [-0.2, 0) is 14.8 Å². The molecule has 1 fully saturated rings. The van der Waals surface area contributed by atoms with Crippen LogP contribution in [0.3, 0.4) is 0 Å². The summed E-state index contributed by atoms with van der Waals surface area (Å²) in [5.41, 5.74) is 1.92. The lowest BCUT2D eigenvalue weighted by molar-refractivity contribution is 0.0232.